The lowest BCUT2D eigenvalue weighted by Crippen LogP contribution is -2.54. The zero-order chi connectivity index (χ0) is 41.2. The van der Waals surface area contributed by atoms with Gasteiger partial charge in [0.05, 0.1) is 0 Å². The van der Waals surface area contributed by atoms with Crippen LogP contribution in [0, 0.1) is 0 Å². The van der Waals surface area contributed by atoms with Gasteiger partial charge in [-0.1, -0.05) is 146 Å². The van der Waals surface area contributed by atoms with Gasteiger partial charge in [-0.3, -0.25) is 0 Å². The number of benzene rings is 5. The largest absolute Gasteiger partial charge is 0.341 e. The van der Waals surface area contributed by atoms with Gasteiger partial charge < -0.3 is 18.5 Å². The number of ether oxygens (including phenoxy) is 2. The number of hydrogen-bond acceptors (Lipinski definition) is 4. The summed E-state index contributed by atoms with van der Waals surface area (Å²) in [6, 6.07) is 39.1. The standard InChI is InChI=1S/C53H65O4P/c1-11-36-24-37(12-2)29-44(28-36)52(45-30-38(13-3)25-39(14-4)31-45)49-50(55-51(9,10)54-49)53(46-32-40(15-5)26-41(16-6)33-46,47-34-42(17-7)27-43(18-8)35-47)57-58(56-52)48-22-20-19-21-23-48/h19-35,49-50H,11-18H2,1-10H3. The van der Waals surface area contributed by atoms with Gasteiger partial charge in [0.1, 0.15) is 12.2 Å². The van der Waals surface area contributed by atoms with Crippen LogP contribution in [0.15, 0.2) is 103 Å². The van der Waals surface area contributed by atoms with E-state index < -0.39 is 37.6 Å². The number of hydrogen-bond donors (Lipinski definition) is 0. The second-order valence-electron chi connectivity index (χ2n) is 16.7. The molecule has 2 atom stereocenters. The number of fused-ring (bicyclic) bond motifs is 1. The number of rotatable bonds is 13. The fourth-order valence-corrected chi connectivity index (χ4v) is 11.0. The van der Waals surface area contributed by atoms with E-state index in [0.717, 1.165) is 78.9 Å². The van der Waals surface area contributed by atoms with Crippen molar-refractivity contribution in [2.75, 3.05) is 0 Å². The van der Waals surface area contributed by atoms with Crippen molar-refractivity contribution in [3.63, 3.8) is 0 Å². The van der Waals surface area contributed by atoms with Crippen LogP contribution in [0.25, 0.3) is 0 Å². The predicted octanol–water partition coefficient (Wildman–Crippen LogP) is 12.6. The highest BCUT2D eigenvalue weighted by Gasteiger charge is 2.67. The third-order valence-corrected chi connectivity index (χ3v) is 14.1. The van der Waals surface area contributed by atoms with E-state index in [-0.39, 0.29) is 0 Å². The van der Waals surface area contributed by atoms with Crippen molar-refractivity contribution in [1.29, 1.82) is 0 Å². The van der Waals surface area contributed by atoms with E-state index in [1.165, 1.54) is 44.5 Å². The molecule has 0 radical (unpaired) electrons. The van der Waals surface area contributed by atoms with Gasteiger partial charge in [0.15, 0.2) is 17.0 Å². The third-order valence-electron chi connectivity index (χ3n) is 12.5. The Morgan fingerprint density at radius 2 is 0.655 bits per heavy atom. The molecule has 2 heterocycles. The molecule has 0 bridgehead atoms. The van der Waals surface area contributed by atoms with Crippen LogP contribution in [0.1, 0.15) is 136 Å². The smallest absolute Gasteiger partial charge is 0.207 e. The first-order valence-electron chi connectivity index (χ1n) is 22.1. The molecule has 0 aliphatic carbocycles. The van der Waals surface area contributed by atoms with E-state index in [9.17, 15) is 0 Å². The zero-order valence-corrected chi connectivity index (χ0v) is 37.6. The second kappa shape index (κ2) is 17.5. The average molecular weight is 797 g/mol. The molecule has 58 heavy (non-hydrogen) atoms. The van der Waals surface area contributed by atoms with Crippen molar-refractivity contribution in [3.05, 3.63) is 170 Å². The molecule has 0 aromatic heterocycles. The summed E-state index contributed by atoms with van der Waals surface area (Å²) in [4.78, 5) is 0. The van der Waals surface area contributed by atoms with Gasteiger partial charge in [-0.25, -0.2) is 0 Å². The molecule has 2 unspecified atom stereocenters. The molecule has 7 rings (SSSR count). The molecular weight excluding hydrogens is 732 g/mol. The lowest BCUT2D eigenvalue weighted by molar-refractivity contribution is -0.173. The van der Waals surface area contributed by atoms with Gasteiger partial charge in [0, 0.05) is 5.30 Å². The van der Waals surface area contributed by atoms with Crippen LogP contribution in [0.3, 0.4) is 0 Å². The van der Waals surface area contributed by atoms with E-state index >= 15 is 0 Å². The van der Waals surface area contributed by atoms with Gasteiger partial charge in [0.25, 0.3) is 0 Å². The van der Waals surface area contributed by atoms with Gasteiger partial charge in [-0.15, -0.1) is 0 Å². The molecule has 0 spiro atoms. The molecule has 306 valence electrons. The Morgan fingerprint density at radius 3 is 0.897 bits per heavy atom. The Kier molecular flexibility index (Phi) is 12.8. The van der Waals surface area contributed by atoms with Crippen LogP contribution in [0.2, 0.25) is 0 Å². The molecule has 0 saturated carbocycles. The maximum Gasteiger partial charge on any atom is 0.207 e. The average Bonchev–Trinajstić information content (AvgIpc) is 3.54. The van der Waals surface area contributed by atoms with Crippen molar-refractivity contribution < 1.29 is 18.5 Å². The lowest BCUT2D eigenvalue weighted by Gasteiger charge is -2.42. The first-order chi connectivity index (χ1) is 28.0. The summed E-state index contributed by atoms with van der Waals surface area (Å²) in [5.41, 5.74) is 12.4. The first-order valence-corrected chi connectivity index (χ1v) is 23.3. The lowest BCUT2D eigenvalue weighted by atomic mass is 9.70. The van der Waals surface area contributed by atoms with Crippen molar-refractivity contribution in [2.24, 2.45) is 0 Å². The van der Waals surface area contributed by atoms with Crippen molar-refractivity contribution in [1.82, 2.24) is 0 Å². The number of aryl methyl sites for hydroxylation is 8. The summed E-state index contributed by atoms with van der Waals surface area (Å²) in [5.74, 6) is -0.955. The summed E-state index contributed by atoms with van der Waals surface area (Å²) in [5, 5.41) is 1.01. The molecular formula is C53H65O4P. The van der Waals surface area contributed by atoms with E-state index in [2.05, 4.69) is 172 Å². The quantitative estimate of drug-likeness (QED) is 0.111. The molecule has 4 nitrogen and oxygen atoms in total. The van der Waals surface area contributed by atoms with Crippen LogP contribution in [0.5, 0.6) is 0 Å². The summed E-state index contributed by atoms with van der Waals surface area (Å²) >= 11 is 0. The van der Waals surface area contributed by atoms with Crippen molar-refractivity contribution in [2.45, 2.75) is 150 Å². The SMILES string of the molecule is CCc1cc(CC)cc(C2(c3cc(CC)cc(CC)c3)OP(c3ccccc3)OC(c3cc(CC)cc(CC)c3)(c3cc(CC)cc(CC)c3)C3OC(C)(C)OC32)c1. The van der Waals surface area contributed by atoms with Gasteiger partial charge in [-0.05, 0) is 144 Å². The monoisotopic (exact) mass is 796 g/mol. The Balaban J connectivity index is 1.70. The minimum absolute atomic E-state index is 0.613. The molecule has 5 heteroatoms. The van der Waals surface area contributed by atoms with Crippen molar-refractivity contribution >= 4 is 13.7 Å². The summed E-state index contributed by atoms with van der Waals surface area (Å²) in [6.07, 6.45) is 6.03. The molecule has 5 aromatic carbocycles. The van der Waals surface area contributed by atoms with Crippen LogP contribution < -0.4 is 5.30 Å². The zero-order valence-electron chi connectivity index (χ0n) is 36.7. The maximum atomic E-state index is 8.12. The van der Waals surface area contributed by atoms with Gasteiger partial charge in [-0.2, -0.15) is 0 Å². The van der Waals surface area contributed by atoms with E-state index in [1.807, 2.05) is 0 Å². The predicted molar refractivity (Wildman–Crippen MR) is 241 cm³/mol. The fourth-order valence-electron chi connectivity index (χ4n) is 9.14. The van der Waals surface area contributed by atoms with Crippen LogP contribution >= 0.6 is 8.38 Å². The highest BCUT2D eigenvalue weighted by atomic mass is 31.2. The third kappa shape index (κ3) is 7.89. The minimum Gasteiger partial charge on any atom is -0.341 e. The summed E-state index contributed by atoms with van der Waals surface area (Å²) in [6.45, 7) is 22.1. The molecule has 5 aromatic rings. The summed E-state index contributed by atoms with van der Waals surface area (Å²) < 4.78 is 31.3. The molecule has 0 amide bonds. The summed E-state index contributed by atoms with van der Waals surface area (Å²) in [7, 11) is -1.79. The Hall–Kier alpha value is -3.63. The van der Waals surface area contributed by atoms with E-state index in [4.69, 9.17) is 18.5 Å². The minimum atomic E-state index is -1.79. The van der Waals surface area contributed by atoms with E-state index in [1.54, 1.807) is 0 Å². The van der Waals surface area contributed by atoms with E-state index in [0.29, 0.717) is 0 Å². The molecule has 2 aliphatic heterocycles. The van der Waals surface area contributed by atoms with Crippen molar-refractivity contribution in [3.8, 4) is 0 Å². The van der Waals surface area contributed by atoms with Crippen LogP contribution in [0.4, 0.5) is 0 Å². The highest BCUT2D eigenvalue weighted by Crippen LogP contribution is 2.64. The maximum absolute atomic E-state index is 8.12. The Bertz CT molecular complexity index is 1870. The molecule has 2 aliphatic rings. The molecule has 0 N–H and O–H groups in total. The molecule has 2 fully saturated rings. The van der Waals surface area contributed by atoms with Crippen LogP contribution in [-0.4, -0.2) is 18.0 Å². The Morgan fingerprint density at radius 1 is 0.397 bits per heavy atom. The topological polar surface area (TPSA) is 36.9 Å². The van der Waals surface area contributed by atoms with Gasteiger partial charge in [0.2, 0.25) is 8.38 Å². The normalized spacial score (nSPS) is 20.8. The fraction of sp³-hybridized carbons (Fsp3) is 0.434. The molecule has 2 saturated heterocycles. The second-order valence-corrected chi connectivity index (χ2v) is 18.1. The highest BCUT2D eigenvalue weighted by molar-refractivity contribution is 7.56. The van der Waals surface area contributed by atoms with Gasteiger partial charge >= 0.3 is 0 Å². The van der Waals surface area contributed by atoms with Crippen LogP contribution in [-0.2, 0) is 81.1 Å². The Labute approximate surface area is 350 Å². The first kappa shape index (κ1) is 42.5.